The normalized spacial score (nSPS) is 16.7. The lowest BCUT2D eigenvalue weighted by atomic mass is 9.97. The first-order valence-corrected chi connectivity index (χ1v) is 9.67. The first kappa shape index (κ1) is 19.3. The Hall–Kier alpha value is -2.48. The number of rotatable bonds is 5. The summed E-state index contributed by atoms with van der Waals surface area (Å²) in [6.07, 6.45) is 6.68. The number of hydrogen-bond donors (Lipinski definition) is 2. The molecule has 2 amide bonds. The Bertz CT molecular complexity index is 815. The summed E-state index contributed by atoms with van der Waals surface area (Å²) in [6, 6.07) is 5.63. The standard InChI is InChI=1S/C19H22BrN5O2/c1-13-9-15(20)4-5-16(13)24-18(26)11-23-19(27)14-3-2-8-25(12-14)17-10-21-6-7-22-17/h4-7,9-10,14H,2-3,8,11-12H2,1H3,(H,23,27)(H,24,26)/t14-/m0/s1. The molecule has 1 fully saturated rings. The average Bonchev–Trinajstić information content (AvgIpc) is 2.69. The van der Waals surface area contributed by atoms with Crippen LogP contribution in [0, 0.1) is 12.8 Å². The van der Waals surface area contributed by atoms with E-state index in [9.17, 15) is 9.59 Å². The van der Waals surface area contributed by atoms with Gasteiger partial charge in [0.15, 0.2) is 0 Å². The van der Waals surface area contributed by atoms with Crippen LogP contribution in [0.5, 0.6) is 0 Å². The molecule has 2 N–H and O–H groups in total. The molecule has 0 radical (unpaired) electrons. The largest absolute Gasteiger partial charge is 0.355 e. The highest BCUT2D eigenvalue weighted by molar-refractivity contribution is 9.10. The van der Waals surface area contributed by atoms with Crippen LogP contribution >= 0.6 is 15.9 Å². The second-order valence-electron chi connectivity index (χ2n) is 6.57. The quantitative estimate of drug-likeness (QED) is 0.759. The minimum atomic E-state index is -0.240. The highest BCUT2D eigenvalue weighted by Crippen LogP contribution is 2.21. The molecule has 0 spiro atoms. The number of anilines is 2. The summed E-state index contributed by atoms with van der Waals surface area (Å²) in [5, 5.41) is 5.58. The molecule has 1 aliphatic heterocycles. The molecule has 1 aliphatic rings. The van der Waals surface area contributed by atoms with E-state index in [0.717, 1.165) is 40.9 Å². The minimum absolute atomic E-state index is 0.0457. The number of carbonyl (C=O) groups is 2. The maximum Gasteiger partial charge on any atom is 0.243 e. The Balaban J connectivity index is 1.50. The molecule has 2 heterocycles. The van der Waals surface area contributed by atoms with E-state index in [2.05, 4.69) is 41.4 Å². The fourth-order valence-electron chi connectivity index (χ4n) is 3.13. The summed E-state index contributed by atoms with van der Waals surface area (Å²) in [5.41, 5.74) is 1.69. The summed E-state index contributed by atoms with van der Waals surface area (Å²) < 4.78 is 0.955. The molecule has 27 heavy (non-hydrogen) atoms. The number of piperidine rings is 1. The van der Waals surface area contributed by atoms with Crippen LogP contribution in [0.1, 0.15) is 18.4 Å². The maximum absolute atomic E-state index is 12.5. The van der Waals surface area contributed by atoms with Gasteiger partial charge >= 0.3 is 0 Å². The van der Waals surface area contributed by atoms with Crippen LogP contribution in [0.3, 0.4) is 0 Å². The molecule has 1 atom stereocenters. The molecule has 1 aromatic heterocycles. The van der Waals surface area contributed by atoms with Crippen molar-refractivity contribution in [3.63, 3.8) is 0 Å². The first-order chi connectivity index (χ1) is 13.0. The van der Waals surface area contributed by atoms with E-state index in [1.54, 1.807) is 18.6 Å². The second-order valence-corrected chi connectivity index (χ2v) is 7.49. The number of benzene rings is 1. The van der Waals surface area contributed by atoms with Crippen LogP contribution in [0.2, 0.25) is 0 Å². The molecule has 3 rings (SSSR count). The summed E-state index contributed by atoms with van der Waals surface area (Å²) in [5.74, 6) is 0.267. The molecule has 2 aromatic rings. The predicted octanol–water partition coefficient (Wildman–Crippen LogP) is 2.52. The van der Waals surface area contributed by atoms with Gasteiger partial charge in [0, 0.05) is 35.6 Å². The molecule has 7 nitrogen and oxygen atoms in total. The zero-order chi connectivity index (χ0) is 19.2. The molecule has 0 aliphatic carbocycles. The molecule has 142 valence electrons. The van der Waals surface area contributed by atoms with Crippen molar-refractivity contribution in [2.45, 2.75) is 19.8 Å². The van der Waals surface area contributed by atoms with E-state index in [-0.39, 0.29) is 24.3 Å². The van der Waals surface area contributed by atoms with Crippen molar-refractivity contribution in [3.05, 3.63) is 46.8 Å². The summed E-state index contributed by atoms with van der Waals surface area (Å²) in [6.45, 7) is 3.31. The SMILES string of the molecule is Cc1cc(Br)ccc1NC(=O)CNC(=O)[C@H]1CCCN(c2cnccn2)C1. The predicted molar refractivity (Wildman–Crippen MR) is 107 cm³/mol. The number of aromatic nitrogens is 2. The first-order valence-electron chi connectivity index (χ1n) is 8.87. The van der Waals surface area contributed by atoms with Crippen LogP contribution in [-0.2, 0) is 9.59 Å². The van der Waals surface area contributed by atoms with Gasteiger partial charge in [-0.15, -0.1) is 0 Å². The van der Waals surface area contributed by atoms with E-state index in [4.69, 9.17) is 0 Å². The van der Waals surface area contributed by atoms with Gasteiger partial charge in [0.05, 0.1) is 18.7 Å². The van der Waals surface area contributed by atoms with Crippen molar-refractivity contribution in [3.8, 4) is 0 Å². The number of halogens is 1. The Morgan fingerprint density at radius 3 is 2.93 bits per heavy atom. The zero-order valence-corrected chi connectivity index (χ0v) is 16.7. The van der Waals surface area contributed by atoms with E-state index >= 15 is 0 Å². The van der Waals surface area contributed by atoms with Gasteiger partial charge in [-0.1, -0.05) is 15.9 Å². The van der Waals surface area contributed by atoms with E-state index in [0.29, 0.717) is 6.54 Å². The van der Waals surface area contributed by atoms with Gasteiger partial charge in [0.2, 0.25) is 11.8 Å². The smallest absolute Gasteiger partial charge is 0.243 e. The molecular formula is C19H22BrN5O2. The number of carbonyl (C=O) groups excluding carboxylic acids is 2. The summed E-state index contributed by atoms with van der Waals surface area (Å²) >= 11 is 3.40. The van der Waals surface area contributed by atoms with Crippen molar-refractivity contribution in [1.29, 1.82) is 0 Å². The molecule has 8 heteroatoms. The second kappa shape index (κ2) is 8.94. The lowest BCUT2D eigenvalue weighted by Crippen LogP contribution is -2.45. The summed E-state index contributed by atoms with van der Waals surface area (Å²) in [4.78, 5) is 35.1. The van der Waals surface area contributed by atoms with Crippen LogP contribution in [0.25, 0.3) is 0 Å². The summed E-state index contributed by atoms with van der Waals surface area (Å²) in [7, 11) is 0. The molecule has 1 saturated heterocycles. The highest BCUT2D eigenvalue weighted by Gasteiger charge is 2.26. The fraction of sp³-hybridized carbons (Fsp3) is 0.368. The van der Waals surface area contributed by atoms with Gasteiger partial charge in [0.25, 0.3) is 0 Å². The number of nitrogens with zero attached hydrogens (tertiary/aromatic N) is 3. The van der Waals surface area contributed by atoms with Crippen molar-refractivity contribution in [2.75, 3.05) is 29.9 Å². The van der Waals surface area contributed by atoms with Gasteiger partial charge in [0.1, 0.15) is 5.82 Å². The average molecular weight is 432 g/mol. The van der Waals surface area contributed by atoms with Gasteiger partial charge < -0.3 is 15.5 Å². The third kappa shape index (κ3) is 5.26. The van der Waals surface area contributed by atoms with Crippen molar-refractivity contribution >= 4 is 39.2 Å². The monoisotopic (exact) mass is 431 g/mol. The maximum atomic E-state index is 12.5. The third-order valence-electron chi connectivity index (χ3n) is 4.55. The van der Waals surface area contributed by atoms with Crippen LogP contribution < -0.4 is 15.5 Å². The number of nitrogens with one attached hydrogen (secondary N) is 2. The Kier molecular flexibility index (Phi) is 6.39. The Labute approximate surface area is 166 Å². The van der Waals surface area contributed by atoms with E-state index < -0.39 is 0 Å². The van der Waals surface area contributed by atoms with E-state index in [1.165, 1.54) is 0 Å². The molecule has 0 unspecified atom stereocenters. The van der Waals surface area contributed by atoms with Gasteiger partial charge in [-0.05, 0) is 43.5 Å². The molecule has 0 saturated carbocycles. The van der Waals surface area contributed by atoms with Crippen LogP contribution in [-0.4, -0.2) is 41.4 Å². The molecule has 1 aromatic carbocycles. The molecular weight excluding hydrogens is 410 g/mol. The van der Waals surface area contributed by atoms with Crippen molar-refractivity contribution in [1.82, 2.24) is 15.3 Å². The molecule has 0 bridgehead atoms. The van der Waals surface area contributed by atoms with Crippen molar-refractivity contribution in [2.24, 2.45) is 5.92 Å². The topological polar surface area (TPSA) is 87.2 Å². The van der Waals surface area contributed by atoms with Gasteiger partial charge in [-0.25, -0.2) is 4.98 Å². The van der Waals surface area contributed by atoms with Gasteiger partial charge in [-0.2, -0.15) is 0 Å². The Morgan fingerprint density at radius 2 is 2.19 bits per heavy atom. The van der Waals surface area contributed by atoms with Crippen molar-refractivity contribution < 1.29 is 9.59 Å². The highest BCUT2D eigenvalue weighted by atomic mass is 79.9. The lowest BCUT2D eigenvalue weighted by Gasteiger charge is -2.32. The van der Waals surface area contributed by atoms with E-state index in [1.807, 2.05) is 25.1 Å². The number of amides is 2. The van der Waals surface area contributed by atoms with Crippen LogP contribution in [0.15, 0.2) is 41.3 Å². The lowest BCUT2D eigenvalue weighted by molar-refractivity contribution is -0.127. The fourth-order valence-corrected chi connectivity index (χ4v) is 3.60. The zero-order valence-electron chi connectivity index (χ0n) is 15.1. The number of hydrogen-bond acceptors (Lipinski definition) is 5. The van der Waals surface area contributed by atoms with Crippen LogP contribution in [0.4, 0.5) is 11.5 Å². The third-order valence-corrected chi connectivity index (χ3v) is 5.04. The Morgan fingerprint density at radius 1 is 1.33 bits per heavy atom. The number of aryl methyl sites for hydroxylation is 1. The minimum Gasteiger partial charge on any atom is -0.355 e. The van der Waals surface area contributed by atoms with Gasteiger partial charge in [-0.3, -0.25) is 14.6 Å².